The molecule has 0 heterocycles. The summed E-state index contributed by atoms with van der Waals surface area (Å²) < 4.78 is -0.0298. The molecule has 0 amide bonds. The summed E-state index contributed by atoms with van der Waals surface area (Å²) in [5, 5.41) is 0. The summed E-state index contributed by atoms with van der Waals surface area (Å²) >= 11 is 4.64. The highest BCUT2D eigenvalue weighted by Crippen LogP contribution is 2.47. The molecule has 0 bridgehead atoms. The van der Waals surface area contributed by atoms with Crippen molar-refractivity contribution in [2.75, 3.05) is 0 Å². The SMILES string of the molecule is C=C(CC(C)C(C)(C)S)C(C)(C)C(C)(C)C(=O)CC. The highest BCUT2D eigenvalue weighted by atomic mass is 32.1. The molecular formula is C17H32OS. The van der Waals surface area contributed by atoms with Crippen LogP contribution in [0.25, 0.3) is 0 Å². The summed E-state index contributed by atoms with van der Waals surface area (Å²) in [7, 11) is 0. The second-order valence-corrected chi connectivity index (χ2v) is 8.54. The Labute approximate surface area is 125 Å². The Kier molecular flexibility index (Phi) is 5.96. The van der Waals surface area contributed by atoms with E-state index >= 15 is 0 Å². The molecule has 1 unspecified atom stereocenters. The zero-order valence-corrected chi connectivity index (χ0v) is 14.9. The molecule has 0 aromatic carbocycles. The van der Waals surface area contributed by atoms with Crippen molar-refractivity contribution in [1.82, 2.24) is 0 Å². The Morgan fingerprint density at radius 3 is 1.84 bits per heavy atom. The van der Waals surface area contributed by atoms with Gasteiger partial charge in [-0.15, -0.1) is 0 Å². The maximum Gasteiger partial charge on any atom is 0.139 e. The van der Waals surface area contributed by atoms with Crippen molar-refractivity contribution in [3.63, 3.8) is 0 Å². The first-order valence-corrected chi connectivity index (χ1v) is 7.67. The maximum absolute atomic E-state index is 12.2. The number of carbonyl (C=O) groups excluding carboxylic acids is 1. The summed E-state index contributed by atoms with van der Waals surface area (Å²) in [5.41, 5.74) is 0.570. The number of rotatable bonds is 7. The predicted octanol–water partition coefficient (Wildman–Crippen LogP) is 5.31. The van der Waals surface area contributed by atoms with Gasteiger partial charge in [-0.1, -0.05) is 67.5 Å². The van der Waals surface area contributed by atoms with Gasteiger partial charge in [-0.3, -0.25) is 4.79 Å². The molecule has 0 spiro atoms. The number of thiol groups is 1. The first-order chi connectivity index (χ1) is 8.28. The minimum absolute atomic E-state index is 0.0298. The van der Waals surface area contributed by atoms with Crippen molar-refractivity contribution in [1.29, 1.82) is 0 Å². The van der Waals surface area contributed by atoms with Crippen molar-refractivity contribution in [3.8, 4) is 0 Å². The molecule has 0 aliphatic rings. The Hall–Kier alpha value is -0.240. The van der Waals surface area contributed by atoms with Crippen molar-refractivity contribution >= 4 is 18.4 Å². The number of hydrogen-bond donors (Lipinski definition) is 1. The Morgan fingerprint density at radius 2 is 1.53 bits per heavy atom. The Balaban J connectivity index is 5.12. The molecule has 0 aliphatic carbocycles. The normalized spacial score (nSPS) is 15.2. The molecule has 0 radical (unpaired) electrons. The molecule has 0 aromatic rings. The summed E-state index contributed by atoms with van der Waals surface area (Å²) in [6.45, 7) is 21.0. The van der Waals surface area contributed by atoms with Gasteiger partial charge in [0.25, 0.3) is 0 Å². The van der Waals surface area contributed by atoms with Crippen LogP contribution in [0, 0.1) is 16.7 Å². The van der Waals surface area contributed by atoms with E-state index in [4.69, 9.17) is 0 Å². The predicted molar refractivity (Wildman–Crippen MR) is 88.8 cm³/mol. The molecule has 0 saturated carbocycles. The average molecular weight is 285 g/mol. The van der Waals surface area contributed by atoms with Crippen molar-refractivity contribution < 1.29 is 4.79 Å². The van der Waals surface area contributed by atoms with Crippen molar-refractivity contribution in [2.45, 2.75) is 73.0 Å². The van der Waals surface area contributed by atoms with Crippen LogP contribution in [-0.4, -0.2) is 10.5 Å². The third kappa shape index (κ3) is 4.11. The number of carbonyl (C=O) groups is 1. The van der Waals surface area contributed by atoms with E-state index in [1.54, 1.807) is 0 Å². The third-order valence-electron chi connectivity index (χ3n) is 5.22. The van der Waals surface area contributed by atoms with Gasteiger partial charge in [0.2, 0.25) is 0 Å². The van der Waals surface area contributed by atoms with Gasteiger partial charge in [-0.05, 0) is 17.8 Å². The van der Waals surface area contributed by atoms with Crippen LogP contribution in [0.4, 0.5) is 0 Å². The molecule has 1 nitrogen and oxygen atoms in total. The number of Topliss-reactive ketones (excluding diaryl/α,β-unsaturated/α-hetero) is 1. The Morgan fingerprint density at radius 1 is 1.11 bits per heavy atom. The van der Waals surface area contributed by atoms with Crippen molar-refractivity contribution in [2.24, 2.45) is 16.7 Å². The van der Waals surface area contributed by atoms with E-state index in [0.29, 0.717) is 18.1 Å². The van der Waals surface area contributed by atoms with Gasteiger partial charge in [-0.25, -0.2) is 0 Å². The largest absolute Gasteiger partial charge is 0.299 e. The van der Waals surface area contributed by atoms with E-state index in [2.05, 4.69) is 53.8 Å². The van der Waals surface area contributed by atoms with Gasteiger partial charge in [0, 0.05) is 16.6 Å². The Bertz CT molecular complexity index is 345. The lowest BCUT2D eigenvalue weighted by Crippen LogP contribution is -2.41. The van der Waals surface area contributed by atoms with Crippen LogP contribution in [0.5, 0.6) is 0 Å². The molecule has 0 rings (SSSR count). The van der Waals surface area contributed by atoms with Crippen LogP contribution >= 0.6 is 12.6 Å². The third-order valence-corrected chi connectivity index (χ3v) is 5.66. The fraction of sp³-hybridized carbons (Fsp3) is 0.824. The summed E-state index contributed by atoms with van der Waals surface area (Å²) in [4.78, 5) is 12.2. The molecule has 0 aromatic heterocycles. The highest BCUT2D eigenvalue weighted by Gasteiger charge is 2.44. The second kappa shape index (κ2) is 6.03. The summed E-state index contributed by atoms with van der Waals surface area (Å²) in [5.74, 6) is 0.728. The molecule has 0 fully saturated rings. The second-order valence-electron chi connectivity index (χ2n) is 7.39. The fourth-order valence-electron chi connectivity index (χ4n) is 2.11. The van der Waals surface area contributed by atoms with Gasteiger partial charge in [0.05, 0.1) is 0 Å². The summed E-state index contributed by atoms with van der Waals surface area (Å²) in [6.07, 6.45) is 1.49. The monoisotopic (exact) mass is 284 g/mol. The molecular weight excluding hydrogens is 252 g/mol. The molecule has 0 N–H and O–H groups in total. The van der Waals surface area contributed by atoms with Crippen LogP contribution in [0.3, 0.4) is 0 Å². The van der Waals surface area contributed by atoms with Crippen LogP contribution in [0.1, 0.15) is 68.2 Å². The minimum atomic E-state index is -0.376. The zero-order valence-electron chi connectivity index (χ0n) is 14.1. The number of hydrogen-bond acceptors (Lipinski definition) is 2. The van der Waals surface area contributed by atoms with Gasteiger partial charge in [-0.2, -0.15) is 12.6 Å². The molecule has 19 heavy (non-hydrogen) atoms. The topological polar surface area (TPSA) is 17.1 Å². The number of allylic oxidation sites excluding steroid dienone is 1. The van der Waals surface area contributed by atoms with E-state index in [-0.39, 0.29) is 15.6 Å². The quantitative estimate of drug-likeness (QED) is 0.495. The van der Waals surface area contributed by atoms with E-state index in [1.165, 1.54) is 0 Å². The highest BCUT2D eigenvalue weighted by molar-refractivity contribution is 7.81. The molecule has 112 valence electrons. The van der Waals surface area contributed by atoms with E-state index in [0.717, 1.165) is 12.0 Å². The van der Waals surface area contributed by atoms with Gasteiger partial charge < -0.3 is 0 Å². The first-order valence-electron chi connectivity index (χ1n) is 7.22. The van der Waals surface area contributed by atoms with E-state index in [1.807, 2.05) is 20.8 Å². The van der Waals surface area contributed by atoms with Crippen LogP contribution in [-0.2, 0) is 4.79 Å². The molecule has 1 atom stereocenters. The van der Waals surface area contributed by atoms with Crippen LogP contribution in [0.2, 0.25) is 0 Å². The van der Waals surface area contributed by atoms with Gasteiger partial charge >= 0.3 is 0 Å². The van der Waals surface area contributed by atoms with Gasteiger partial charge in [0.15, 0.2) is 0 Å². The first kappa shape index (κ1) is 18.8. The fourth-order valence-corrected chi connectivity index (χ4v) is 2.20. The maximum atomic E-state index is 12.2. The smallest absolute Gasteiger partial charge is 0.139 e. The minimum Gasteiger partial charge on any atom is -0.299 e. The van der Waals surface area contributed by atoms with Crippen LogP contribution < -0.4 is 0 Å². The molecule has 2 heteroatoms. The lowest BCUT2D eigenvalue weighted by molar-refractivity contribution is -0.131. The standard InChI is InChI=1S/C17H32OS/c1-10-14(18)16(6,7)15(4,5)12(2)11-13(3)17(8,9)19/h13,19H,2,10-11H2,1,3-9H3. The average Bonchev–Trinajstić information content (AvgIpc) is 2.25. The molecule has 0 saturated heterocycles. The van der Waals surface area contributed by atoms with Gasteiger partial charge in [0.1, 0.15) is 5.78 Å². The zero-order chi connectivity index (χ0) is 15.6. The molecule has 0 aliphatic heterocycles. The van der Waals surface area contributed by atoms with Crippen molar-refractivity contribution in [3.05, 3.63) is 12.2 Å². The lowest BCUT2D eigenvalue weighted by atomic mass is 9.60. The van der Waals surface area contributed by atoms with E-state index in [9.17, 15) is 4.79 Å². The summed E-state index contributed by atoms with van der Waals surface area (Å²) in [6, 6.07) is 0. The van der Waals surface area contributed by atoms with Crippen LogP contribution in [0.15, 0.2) is 12.2 Å². The van der Waals surface area contributed by atoms with E-state index < -0.39 is 0 Å². The lowest BCUT2D eigenvalue weighted by Gasteiger charge is -2.43. The number of ketones is 1.